The molecule has 94 valence electrons. The van der Waals surface area contributed by atoms with Gasteiger partial charge in [0, 0.05) is 12.6 Å². The SMILES string of the molecule is C=C(C)COc1ccc(-c2cnn(C)c2N)cc1. The number of aryl methyl sites for hydroxylation is 1. The lowest BCUT2D eigenvalue weighted by Gasteiger charge is -2.06. The van der Waals surface area contributed by atoms with Crippen molar-refractivity contribution in [2.45, 2.75) is 6.92 Å². The van der Waals surface area contributed by atoms with E-state index in [1.165, 1.54) is 0 Å². The first kappa shape index (κ1) is 12.2. The maximum atomic E-state index is 5.93. The number of aromatic nitrogens is 2. The molecule has 0 atom stereocenters. The number of anilines is 1. The fourth-order valence-corrected chi connectivity index (χ4v) is 1.61. The van der Waals surface area contributed by atoms with Crippen molar-refractivity contribution >= 4 is 5.82 Å². The Morgan fingerprint density at radius 1 is 1.39 bits per heavy atom. The zero-order valence-corrected chi connectivity index (χ0v) is 10.7. The van der Waals surface area contributed by atoms with Crippen LogP contribution in [-0.2, 0) is 7.05 Å². The third-order valence-corrected chi connectivity index (χ3v) is 2.64. The Kier molecular flexibility index (Phi) is 3.37. The Morgan fingerprint density at radius 3 is 2.56 bits per heavy atom. The summed E-state index contributed by atoms with van der Waals surface area (Å²) in [4.78, 5) is 0. The Hall–Kier alpha value is -2.23. The largest absolute Gasteiger partial charge is 0.489 e. The molecule has 4 nitrogen and oxygen atoms in total. The highest BCUT2D eigenvalue weighted by atomic mass is 16.5. The van der Waals surface area contributed by atoms with Crippen molar-refractivity contribution in [3.63, 3.8) is 0 Å². The summed E-state index contributed by atoms with van der Waals surface area (Å²) < 4.78 is 7.20. The van der Waals surface area contributed by atoms with Crippen molar-refractivity contribution in [1.29, 1.82) is 0 Å². The molecule has 18 heavy (non-hydrogen) atoms. The van der Waals surface area contributed by atoms with Crippen molar-refractivity contribution in [2.24, 2.45) is 7.05 Å². The molecule has 0 saturated heterocycles. The first-order valence-corrected chi connectivity index (χ1v) is 5.73. The molecule has 0 aliphatic heterocycles. The van der Waals surface area contributed by atoms with Gasteiger partial charge in [0.1, 0.15) is 18.2 Å². The fourth-order valence-electron chi connectivity index (χ4n) is 1.61. The summed E-state index contributed by atoms with van der Waals surface area (Å²) in [7, 11) is 1.82. The van der Waals surface area contributed by atoms with E-state index in [0.29, 0.717) is 12.4 Å². The molecule has 0 fully saturated rings. The van der Waals surface area contributed by atoms with Crippen LogP contribution in [0.5, 0.6) is 5.75 Å². The van der Waals surface area contributed by atoms with Crippen LogP contribution < -0.4 is 10.5 Å². The number of rotatable bonds is 4. The van der Waals surface area contributed by atoms with E-state index in [4.69, 9.17) is 10.5 Å². The minimum Gasteiger partial charge on any atom is -0.489 e. The Morgan fingerprint density at radius 2 is 2.06 bits per heavy atom. The Balaban J connectivity index is 2.17. The summed E-state index contributed by atoms with van der Waals surface area (Å²) >= 11 is 0. The van der Waals surface area contributed by atoms with E-state index < -0.39 is 0 Å². The summed E-state index contributed by atoms with van der Waals surface area (Å²) in [5, 5.41) is 4.12. The van der Waals surface area contributed by atoms with Crippen LogP contribution in [0.2, 0.25) is 0 Å². The van der Waals surface area contributed by atoms with Gasteiger partial charge in [-0.3, -0.25) is 4.68 Å². The summed E-state index contributed by atoms with van der Waals surface area (Å²) in [5.74, 6) is 1.48. The standard InChI is InChI=1S/C14H17N3O/c1-10(2)9-18-12-6-4-11(5-7-12)13-8-16-17(3)14(13)15/h4-8H,1,9,15H2,2-3H3. The van der Waals surface area contributed by atoms with Gasteiger partial charge in [-0.1, -0.05) is 18.7 Å². The van der Waals surface area contributed by atoms with E-state index in [1.807, 2.05) is 38.2 Å². The highest BCUT2D eigenvalue weighted by Gasteiger charge is 2.07. The van der Waals surface area contributed by atoms with Crippen LogP contribution >= 0.6 is 0 Å². The summed E-state index contributed by atoms with van der Waals surface area (Å²) in [6.07, 6.45) is 1.76. The van der Waals surface area contributed by atoms with Crippen molar-refractivity contribution < 1.29 is 4.74 Å². The van der Waals surface area contributed by atoms with Crippen LogP contribution in [0, 0.1) is 0 Å². The molecule has 0 spiro atoms. The first-order valence-electron chi connectivity index (χ1n) is 5.73. The predicted molar refractivity (Wildman–Crippen MR) is 73.4 cm³/mol. The van der Waals surface area contributed by atoms with E-state index in [-0.39, 0.29) is 0 Å². The van der Waals surface area contributed by atoms with E-state index in [9.17, 15) is 0 Å². The number of benzene rings is 1. The quantitative estimate of drug-likeness (QED) is 0.840. The lowest BCUT2D eigenvalue weighted by atomic mass is 10.1. The minimum absolute atomic E-state index is 0.536. The maximum Gasteiger partial charge on any atom is 0.129 e. The summed E-state index contributed by atoms with van der Waals surface area (Å²) in [6.45, 7) is 6.27. The lowest BCUT2D eigenvalue weighted by Crippen LogP contribution is -1.98. The zero-order valence-electron chi connectivity index (χ0n) is 10.7. The molecule has 2 N–H and O–H groups in total. The number of ether oxygens (including phenoxy) is 1. The van der Waals surface area contributed by atoms with Crippen LogP contribution in [0.3, 0.4) is 0 Å². The van der Waals surface area contributed by atoms with Gasteiger partial charge in [0.25, 0.3) is 0 Å². The first-order chi connectivity index (χ1) is 8.58. The number of nitrogen functional groups attached to an aromatic ring is 1. The third kappa shape index (κ3) is 2.53. The average Bonchev–Trinajstić information content (AvgIpc) is 2.68. The third-order valence-electron chi connectivity index (χ3n) is 2.64. The molecule has 1 aromatic carbocycles. The molecule has 2 aromatic rings. The Bertz CT molecular complexity index is 555. The van der Waals surface area contributed by atoms with Gasteiger partial charge in [-0.25, -0.2) is 0 Å². The second-order valence-electron chi connectivity index (χ2n) is 4.34. The van der Waals surface area contributed by atoms with Crippen molar-refractivity contribution in [2.75, 3.05) is 12.3 Å². The molecule has 0 aliphatic carbocycles. The molecule has 0 saturated carbocycles. The average molecular weight is 243 g/mol. The van der Waals surface area contributed by atoms with Gasteiger partial charge in [-0.2, -0.15) is 5.10 Å². The van der Waals surface area contributed by atoms with Crippen LogP contribution in [-0.4, -0.2) is 16.4 Å². The van der Waals surface area contributed by atoms with Gasteiger partial charge in [0.05, 0.1) is 6.20 Å². The molecular formula is C14H17N3O. The molecule has 0 unspecified atom stereocenters. The number of hydrogen-bond acceptors (Lipinski definition) is 3. The topological polar surface area (TPSA) is 53.1 Å². The number of hydrogen-bond donors (Lipinski definition) is 1. The van der Waals surface area contributed by atoms with Crippen molar-refractivity contribution in [3.05, 3.63) is 42.6 Å². The predicted octanol–water partition coefficient (Wildman–Crippen LogP) is 2.62. The molecular weight excluding hydrogens is 226 g/mol. The van der Waals surface area contributed by atoms with E-state index in [2.05, 4.69) is 11.7 Å². The van der Waals surface area contributed by atoms with Gasteiger partial charge < -0.3 is 10.5 Å². The number of nitrogens with two attached hydrogens (primary N) is 1. The van der Waals surface area contributed by atoms with Gasteiger partial charge in [-0.15, -0.1) is 0 Å². The molecule has 1 heterocycles. The molecule has 4 heteroatoms. The van der Waals surface area contributed by atoms with Gasteiger partial charge in [0.15, 0.2) is 0 Å². The normalized spacial score (nSPS) is 10.3. The molecule has 1 aromatic heterocycles. The van der Waals surface area contributed by atoms with E-state index in [1.54, 1.807) is 10.9 Å². The molecule has 2 rings (SSSR count). The van der Waals surface area contributed by atoms with Gasteiger partial charge in [-0.05, 0) is 30.2 Å². The monoisotopic (exact) mass is 243 g/mol. The fraction of sp³-hybridized carbons (Fsp3) is 0.214. The highest BCUT2D eigenvalue weighted by Crippen LogP contribution is 2.26. The van der Waals surface area contributed by atoms with E-state index >= 15 is 0 Å². The van der Waals surface area contributed by atoms with Gasteiger partial charge in [0.2, 0.25) is 0 Å². The van der Waals surface area contributed by atoms with Crippen molar-refractivity contribution in [1.82, 2.24) is 9.78 Å². The zero-order chi connectivity index (χ0) is 13.1. The lowest BCUT2D eigenvalue weighted by molar-refractivity contribution is 0.353. The minimum atomic E-state index is 0.536. The molecule has 0 amide bonds. The second-order valence-corrected chi connectivity index (χ2v) is 4.34. The highest BCUT2D eigenvalue weighted by molar-refractivity contribution is 5.73. The van der Waals surface area contributed by atoms with Crippen LogP contribution in [0.25, 0.3) is 11.1 Å². The van der Waals surface area contributed by atoms with Crippen LogP contribution in [0.15, 0.2) is 42.6 Å². The molecule has 0 radical (unpaired) electrons. The second kappa shape index (κ2) is 4.96. The smallest absolute Gasteiger partial charge is 0.129 e. The Labute approximate surface area is 107 Å². The van der Waals surface area contributed by atoms with Gasteiger partial charge >= 0.3 is 0 Å². The van der Waals surface area contributed by atoms with E-state index in [0.717, 1.165) is 22.4 Å². The van der Waals surface area contributed by atoms with Crippen molar-refractivity contribution in [3.8, 4) is 16.9 Å². The van der Waals surface area contributed by atoms with Crippen LogP contribution in [0.4, 0.5) is 5.82 Å². The number of nitrogens with zero attached hydrogens (tertiary/aromatic N) is 2. The summed E-state index contributed by atoms with van der Waals surface area (Å²) in [6, 6.07) is 7.79. The maximum absolute atomic E-state index is 5.93. The molecule has 0 aliphatic rings. The molecule has 0 bridgehead atoms. The summed E-state index contributed by atoms with van der Waals surface area (Å²) in [5.41, 5.74) is 8.89. The van der Waals surface area contributed by atoms with Crippen LogP contribution in [0.1, 0.15) is 6.92 Å².